The highest BCUT2D eigenvalue weighted by Crippen LogP contribution is 2.13. The molecule has 1 atom stereocenters. The van der Waals surface area contributed by atoms with E-state index in [1.165, 1.54) is 0 Å². The van der Waals surface area contributed by atoms with Gasteiger partial charge in [0, 0.05) is 19.6 Å². The number of hydrogen-bond acceptors (Lipinski definition) is 3. The zero-order valence-electron chi connectivity index (χ0n) is 6.91. The zero-order chi connectivity index (χ0) is 8.72. The molecule has 0 saturated carbocycles. The van der Waals surface area contributed by atoms with Crippen molar-refractivity contribution in [2.24, 2.45) is 0 Å². The average molecular weight is 185 g/mol. The third kappa shape index (κ3) is 1.09. The summed E-state index contributed by atoms with van der Waals surface area (Å²) in [5, 5.41) is 3.27. The SMILES string of the molecule is CN1CCN2C(=S)NC(=O)[C@@H]2C1. The van der Waals surface area contributed by atoms with E-state index in [0.717, 1.165) is 19.6 Å². The second-order valence-corrected chi connectivity index (χ2v) is 3.65. The number of nitrogens with one attached hydrogen (secondary N) is 1. The Balaban J connectivity index is 2.17. The van der Waals surface area contributed by atoms with Crippen LogP contribution in [0.15, 0.2) is 0 Å². The lowest BCUT2D eigenvalue weighted by atomic mass is 10.2. The van der Waals surface area contributed by atoms with Crippen LogP contribution in [-0.2, 0) is 4.79 Å². The Hall–Kier alpha value is -0.680. The summed E-state index contributed by atoms with van der Waals surface area (Å²) in [6, 6.07) is -0.0451. The van der Waals surface area contributed by atoms with Crippen LogP contribution >= 0.6 is 12.2 Å². The summed E-state index contributed by atoms with van der Waals surface area (Å²) in [6.07, 6.45) is 0. The van der Waals surface area contributed by atoms with Gasteiger partial charge in [-0.05, 0) is 19.3 Å². The Morgan fingerprint density at radius 3 is 3.08 bits per heavy atom. The summed E-state index contributed by atoms with van der Waals surface area (Å²) < 4.78 is 0. The molecule has 2 rings (SSSR count). The molecular weight excluding hydrogens is 174 g/mol. The van der Waals surface area contributed by atoms with Crippen LogP contribution in [0.2, 0.25) is 0 Å². The van der Waals surface area contributed by atoms with Crippen LogP contribution in [0.3, 0.4) is 0 Å². The smallest absolute Gasteiger partial charge is 0.250 e. The monoisotopic (exact) mass is 185 g/mol. The van der Waals surface area contributed by atoms with Crippen LogP contribution in [0, 0.1) is 0 Å². The summed E-state index contributed by atoms with van der Waals surface area (Å²) in [5.74, 6) is 0.0477. The Morgan fingerprint density at radius 2 is 2.33 bits per heavy atom. The fourth-order valence-electron chi connectivity index (χ4n) is 1.65. The number of carbonyl (C=O) groups excluding carboxylic acids is 1. The van der Waals surface area contributed by atoms with Crippen molar-refractivity contribution in [2.45, 2.75) is 6.04 Å². The molecule has 0 aromatic carbocycles. The molecule has 0 spiro atoms. The van der Waals surface area contributed by atoms with Crippen molar-refractivity contribution in [3.63, 3.8) is 0 Å². The van der Waals surface area contributed by atoms with E-state index in [2.05, 4.69) is 10.2 Å². The minimum absolute atomic E-state index is 0.0451. The Morgan fingerprint density at radius 1 is 1.58 bits per heavy atom. The summed E-state index contributed by atoms with van der Waals surface area (Å²) in [4.78, 5) is 15.4. The minimum Gasteiger partial charge on any atom is -0.334 e. The first-order chi connectivity index (χ1) is 5.68. The van der Waals surface area contributed by atoms with Gasteiger partial charge >= 0.3 is 0 Å². The van der Waals surface area contributed by atoms with Crippen molar-refractivity contribution in [1.29, 1.82) is 0 Å². The third-order valence-corrected chi connectivity index (χ3v) is 2.71. The predicted octanol–water partition coefficient (Wildman–Crippen LogP) is -0.983. The first-order valence-electron chi connectivity index (χ1n) is 3.98. The predicted molar refractivity (Wildman–Crippen MR) is 48.7 cm³/mol. The van der Waals surface area contributed by atoms with E-state index in [0.29, 0.717) is 5.11 Å². The Kier molecular flexibility index (Phi) is 1.77. The number of thiocarbonyl (C=S) groups is 1. The Labute approximate surface area is 76.5 Å². The number of fused-ring (bicyclic) bond motifs is 1. The van der Waals surface area contributed by atoms with Crippen molar-refractivity contribution in [3.8, 4) is 0 Å². The maximum absolute atomic E-state index is 11.3. The highest BCUT2D eigenvalue weighted by Gasteiger charge is 2.38. The molecule has 2 aliphatic heterocycles. The van der Waals surface area contributed by atoms with Gasteiger partial charge in [-0.2, -0.15) is 0 Å². The number of likely N-dealkylation sites (N-methyl/N-ethyl adjacent to an activating group) is 1. The van der Waals surface area contributed by atoms with Gasteiger partial charge in [0.25, 0.3) is 0 Å². The van der Waals surface area contributed by atoms with Gasteiger partial charge in [0.05, 0.1) is 0 Å². The molecular formula is C7H11N3OS. The first-order valence-corrected chi connectivity index (χ1v) is 4.39. The number of piperazine rings is 1. The lowest BCUT2D eigenvalue weighted by Gasteiger charge is -2.33. The first kappa shape index (κ1) is 7.94. The van der Waals surface area contributed by atoms with Crippen LogP contribution in [0.4, 0.5) is 0 Å². The molecule has 1 N–H and O–H groups in total. The fraction of sp³-hybridized carbons (Fsp3) is 0.714. The second-order valence-electron chi connectivity index (χ2n) is 3.27. The minimum atomic E-state index is -0.0451. The van der Waals surface area contributed by atoms with Crippen LogP contribution in [0.25, 0.3) is 0 Å². The molecule has 2 fully saturated rings. The van der Waals surface area contributed by atoms with E-state index >= 15 is 0 Å². The van der Waals surface area contributed by atoms with Gasteiger partial charge in [-0.15, -0.1) is 0 Å². The topological polar surface area (TPSA) is 35.6 Å². The maximum atomic E-state index is 11.3. The van der Waals surface area contributed by atoms with Crippen LogP contribution in [-0.4, -0.2) is 53.5 Å². The van der Waals surface area contributed by atoms with Gasteiger partial charge in [0.2, 0.25) is 5.91 Å². The van der Waals surface area contributed by atoms with Gasteiger partial charge in [-0.3, -0.25) is 4.79 Å². The normalized spacial score (nSPS) is 30.4. The van der Waals surface area contributed by atoms with Gasteiger partial charge in [0.1, 0.15) is 6.04 Å². The molecule has 0 unspecified atom stereocenters. The molecule has 2 aliphatic rings. The van der Waals surface area contributed by atoms with Gasteiger partial charge in [0.15, 0.2) is 5.11 Å². The largest absolute Gasteiger partial charge is 0.334 e. The number of carbonyl (C=O) groups is 1. The quantitative estimate of drug-likeness (QED) is 0.492. The van der Waals surface area contributed by atoms with E-state index in [1.807, 2.05) is 11.9 Å². The molecule has 2 heterocycles. The van der Waals surface area contributed by atoms with Gasteiger partial charge in [-0.25, -0.2) is 0 Å². The molecule has 0 aromatic heterocycles. The summed E-state index contributed by atoms with van der Waals surface area (Å²) >= 11 is 5.01. The van der Waals surface area contributed by atoms with E-state index in [9.17, 15) is 4.79 Å². The van der Waals surface area contributed by atoms with E-state index in [4.69, 9.17) is 12.2 Å². The highest BCUT2D eigenvalue weighted by atomic mass is 32.1. The molecule has 5 heteroatoms. The molecule has 4 nitrogen and oxygen atoms in total. The number of nitrogens with zero attached hydrogens (tertiary/aromatic N) is 2. The Bertz CT molecular complexity index is 243. The summed E-state index contributed by atoms with van der Waals surface area (Å²) in [5.41, 5.74) is 0. The average Bonchev–Trinajstić information content (AvgIpc) is 2.28. The summed E-state index contributed by atoms with van der Waals surface area (Å²) in [6.45, 7) is 2.62. The van der Waals surface area contributed by atoms with Gasteiger partial charge in [-0.1, -0.05) is 0 Å². The van der Waals surface area contributed by atoms with Crippen LogP contribution < -0.4 is 5.32 Å². The zero-order valence-corrected chi connectivity index (χ0v) is 7.73. The van der Waals surface area contributed by atoms with E-state index in [-0.39, 0.29) is 11.9 Å². The molecule has 0 radical (unpaired) electrons. The standard InChI is InChI=1S/C7H11N3OS/c1-9-2-3-10-5(4-9)6(11)8-7(10)12/h5H,2-4H2,1H3,(H,8,11,12)/t5-/m0/s1. The summed E-state index contributed by atoms with van der Waals surface area (Å²) in [7, 11) is 2.02. The molecule has 2 saturated heterocycles. The highest BCUT2D eigenvalue weighted by molar-refractivity contribution is 7.80. The van der Waals surface area contributed by atoms with E-state index < -0.39 is 0 Å². The van der Waals surface area contributed by atoms with Crippen LogP contribution in [0.5, 0.6) is 0 Å². The van der Waals surface area contributed by atoms with E-state index in [1.54, 1.807) is 0 Å². The van der Waals surface area contributed by atoms with Crippen molar-refractivity contribution in [2.75, 3.05) is 26.7 Å². The van der Waals surface area contributed by atoms with Crippen molar-refractivity contribution in [1.82, 2.24) is 15.1 Å². The van der Waals surface area contributed by atoms with Gasteiger partial charge < -0.3 is 15.1 Å². The molecule has 12 heavy (non-hydrogen) atoms. The molecule has 0 bridgehead atoms. The molecule has 0 aliphatic carbocycles. The number of rotatable bonds is 0. The van der Waals surface area contributed by atoms with Crippen molar-refractivity contribution >= 4 is 23.2 Å². The third-order valence-electron chi connectivity index (χ3n) is 2.38. The number of hydrogen-bond donors (Lipinski definition) is 1. The fourth-order valence-corrected chi connectivity index (χ4v) is 1.97. The molecule has 0 aromatic rings. The van der Waals surface area contributed by atoms with Crippen molar-refractivity contribution < 1.29 is 4.79 Å². The maximum Gasteiger partial charge on any atom is 0.250 e. The lowest BCUT2D eigenvalue weighted by molar-refractivity contribution is -0.122. The van der Waals surface area contributed by atoms with Crippen molar-refractivity contribution in [3.05, 3.63) is 0 Å². The molecule has 66 valence electrons. The second kappa shape index (κ2) is 2.67. The van der Waals surface area contributed by atoms with Crippen LogP contribution in [0.1, 0.15) is 0 Å². The lowest BCUT2D eigenvalue weighted by Crippen LogP contribution is -2.51. The molecule has 1 amide bonds. The number of amides is 1.